The third kappa shape index (κ3) is 5.24. The number of likely N-dealkylation sites (tertiary alicyclic amines) is 1. The summed E-state index contributed by atoms with van der Waals surface area (Å²) < 4.78 is 0. The van der Waals surface area contributed by atoms with Crippen molar-refractivity contribution in [2.24, 2.45) is 0 Å². The van der Waals surface area contributed by atoms with E-state index in [9.17, 15) is 14.7 Å². The van der Waals surface area contributed by atoms with Gasteiger partial charge in [0.1, 0.15) is 0 Å². The molecule has 0 unspecified atom stereocenters. The highest BCUT2D eigenvalue weighted by Gasteiger charge is 2.24. The fraction of sp³-hybridized carbons (Fsp3) is 0.400. The molecular formula is C25H30N6O3. The molecule has 2 aromatic heterocycles. The number of nitrogens with zero attached hydrogens (tertiary/aromatic N) is 4. The molecule has 1 aliphatic rings. The molecule has 0 atom stereocenters. The molecule has 9 heteroatoms. The van der Waals surface area contributed by atoms with Gasteiger partial charge in [-0.25, -0.2) is 9.59 Å². The van der Waals surface area contributed by atoms with Gasteiger partial charge >= 0.3 is 12.1 Å². The van der Waals surface area contributed by atoms with Gasteiger partial charge in [-0.1, -0.05) is 6.92 Å². The first kappa shape index (κ1) is 23.4. The smallest absolute Gasteiger partial charge is 0.405 e. The monoisotopic (exact) mass is 462 g/mol. The van der Waals surface area contributed by atoms with Crippen molar-refractivity contribution in [3.8, 4) is 11.1 Å². The second kappa shape index (κ2) is 9.62. The predicted molar refractivity (Wildman–Crippen MR) is 131 cm³/mol. The first-order valence-corrected chi connectivity index (χ1v) is 11.6. The lowest BCUT2D eigenvalue weighted by atomic mass is 9.90. The zero-order chi connectivity index (χ0) is 24.3. The second-order valence-corrected chi connectivity index (χ2v) is 9.30. The highest BCUT2D eigenvalue weighted by atomic mass is 16.4. The summed E-state index contributed by atoms with van der Waals surface area (Å²) in [5.74, 6) is 0.386. The van der Waals surface area contributed by atoms with Crippen molar-refractivity contribution in [2.45, 2.75) is 52.0 Å². The maximum absolute atomic E-state index is 12.6. The number of pyridine rings is 1. The van der Waals surface area contributed by atoms with Crippen molar-refractivity contribution in [2.75, 3.05) is 18.4 Å². The Hall–Kier alpha value is -3.75. The van der Waals surface area contributed by atoms with Crippen LogP contribution in [0.25, 0.3) is 22.0 Å². The van der Waals surface area contributed by atoms with Crippen LogP contribution >= 0.6 is 0 Å². The fourth-order valence-corrected chi connectivity index (χ4v) is 4.49. The fourth-order valence-electron chi connectivity index (χ4n) is 4.49. The number of carboxylic acid groups (broad SMARTS) is 1. The minimum absolute atomic E-state index is 0.171. The van der Waals surface area contributed by atoms with Crippen LogP contribution in [0.15, 0.2) is 36.7 Å². The van der Waals surface area contributed by atoms with Gasteiger partial charge in [-0.15, -0.1) is 10.2 Å². The molecule has 0 radical (unpaired) electrons. The van der Waals surface area contributed by atoms with E-state index in [0.29, 0.717) is 17.8 Å². The minimum Gasteiger partial charge on any atom is -0.465 e. The molecule has 0 spiro atoms. The molecule has 1 fully saturated rings. The number of carbonyl (C=O) groups excluding carboxylic acids is 1. The van der Waals surface area contributed by atoms with Crippen LogP contribution in [-0.2, 0) is 12.8 Å². The number of urea groups is 1. The number of rotatable bonds is 6. The Morgan fingerprint density at radius 1 is 1.12 bits per heavy atom. The van der Waals surface area contributed by atoms with E-state index in [-0.39, 0.29) is 6.03 Å². The number of fused-ring (bicyclic) bond motifs is 1. The largest absolute Gasteiger partial charge is 0.465 e. The summed E-state index contributed by atoms with van der Waals surface area (Å²) in [4.78, 5) is 29.9. The van der Waals surface area contributed by atoms with E-state index in [1.54, 1.807) is 11.1 Å². The summed E-state index contributed by atoms with van der Waals surface area (Å²) in [5.41, 5.74) is 3.95. The standard InChI is InChI=1S/C25H30N6O3/c1-4-16-7-8-26-15-20(16)17-11-18-13-21(27-23(32)31-9-5-6-10-31)29-30-22(18)19(12-17)14-25(2,3)28-24(33)34/h7-8,11-13,15,28H,4-6,9-10,14H2,1-3H3,(H,33,34)(H,27,29,32). The molecule has 178 valence electrons. The molecule has 0 bridgehead atoms. The van der Waals surface area contributed by atoms with Crippen LogP contribution < -0.4 is 10.6 Å². The highest BCUT2D eigenvalue weighted by molar-refractivity contribution is 5.93. The van der Waals surface area contributed by atoms with E-state index in [1.165, 1.54) is 0 Å². The predicted octanol–water partition coefficient (Wildman–Crippen LogP) is 4.47. The van der Waals surface area contributed by atoms with Crippen LogP contribution in [0.3, 0.4) is 0 Å². The lowest BCUT2D eigenvalue weighted by molar-refractivity contribution is 0.182. The number of anilines is 1. The number of aryl methyl sites for hydroxylation is 1. The van der Waals surface area contributed by atoms with Crippen LogP contribution in [-0.4, -0.2) is 55.9 Å². The van der Waals surface area contributed by atoms with Crippen LogP contribution in [0.1, 0.15) is 44.7 Å². The Morgan fingerprint density at radius 3 is 2.59 bits per heavy atom. The number of benzene rings is 1. The van der Waals surface area contributed by atoms with Crippen LogP contribution in [0.5, 0.6) is 0 Å². The number of hydrogen-bond donors (Lipinski definition) is 3. The molecular weight excluding hydrogens is 432 g/mol. The number of nitrogens with one attached hydrogen (secondary N) is 2. The molecule has 34 heavy (non-hydrogen) atoms. The third-order valence-electron chi connectivity index (χ3n) is 6.08. The summed E-state index contributed by atoms with van der Waals surface area (Å²) in [6.07, 6.45) is 5.83. The van der Waals surface area contributed by atoms with Gasteiger partial charge in [0.25, 0.3) is 0 Å². The number of aromatic nitrogens is 3. The number of amides is 3. The SMILES string of the molecule is CCc1ccncc1-c1cc(CC(C)(C)NC(=O)O)c2nnc(NC(=O)N3CCCC3)cc2c1. The van der Waals surface area contributed by atoms with Gasteiger partial charge in [-0.3, -0.25) is 10.3 Å². The van der Waals surface area contributed by atoms with Crippen LogP contribution in [0.4, 0.5) is 15.4 Å². The normalized spacial score (nSPS) is 13.8. The lowest BCUT2D eigenvalue weighted by Crippen LogP contribution is -2.44. The van der Waals surface area contributed by atoms with Gasteiger partial charge in [0.15, 0.2) is 5.82 Å². The molecule has 3 aromatic rings. The van der Waals surface area contributed by atoms with Crippen molar-refractivity contribution >= 4 is 28.8 Å². The Kier molecular flexibility index (Phi) is 6.63. The van der Waals surface area contributed by atoms with E-state index < -0.39 is 11.6 Å². The van der Waals surface area contributed by atoms with E-state index in [0.717, 1.165) is 60.0 Å². The minimum atomic E-state index is -1.08. The molecule has 3 amide bonds. The van der Waals surface area contributed by atoms with E-state index in [1.807, 2.05) is 44.3 Å². The third-order valence-corrected chi connectivity index (χ3v) is 6.08. The van der Waals surface area contributed by atoms with Gasteiger partial charge in [0.2, 0.25) is 0 Å². The van der Waals surface area contributed by atoms with Crippen LogP contribution in [0.2, 0.25) is 0 Å². The van der Waals surface area contributed by atoms with Crippen molar-refractivity contribution in [1.82, 2.24) is 25.4 Å². The van der Waals surface area contributed by atoms with E-state index in [4.69, 9.17) is 0 Å². The van der Waals surface area contributed by atoms with Gasteiger partial charge in [-0.05, 0) is 80.5 Å². The number of carbonyl (C=O) groups is 2. The maximum atomic E-state index is 12.6. The summed E-state index contributed by atoms with van der Waals surface area (Å²) in [7, 11) is 0. The van der Waals surface area contributed by atoms with Gasteiger partial charge < -0.3 is 15.3 Å². The van der Waals surface area contributed by atoms with Gasteiger partial charge in [0, 0.05) is 42.0 Å². The Morgan fingerprint density at radius 2 is 1.88 bits per heavy atom. The first-order valence-electron chi connectivity index (χ1n) is 11.6. The molecule has 4 rings (SSSR count). The first-order chi connectivity index (χ1) is 16.3. The summed E-state index contributed by atoms with van der Waals surface area (Å²) in [6, 6.07) is 7.70. The Labute approximate surface area is 198 Å². The van der Waals surface area contributed by atoms with E-state index in [2.05, 4.69) is 32.7 Å². The van der Waals surface area contributed by atoms with Gasteiger partial charge in [0.05, 0.1) is 5.52 Å². The molecule has 0 aliphatic carbocycles. The average Bonchev–Trinajstić information content (AvgIpc) is 3.33. The summed E-state index contributed by atoms with van der Waals surface area (Å²) >= 11 is 0. The topological polar surface area (TPSA) is 120 Å². The molecule has 3 heterocycles. The second-order valence-electron chi connectivity index (χ2n) is 9.30. The lowest BCUT2D eigenvalue weighted by Gasteiger charge is -2.25. The molecule has 1 aromatic carbocycles. The number of hydrogen-bond acceptors (Lipinski definition) is 5. The zero-order valence-electron chi connectivity index (χ0n) is 19.8. The molecule has 1 aliphatic heterocycles. The maximum Gasteiger partial charge on any atom is 0.405 e. The summed E-state index contributed by atoms with van der Waals surface area (Å²) in [5, 5.41) is 24.2. The summed E-state index contributed by atoms with van der Waals surface area (Å²) in [6.45, 7) is 7.25. The Balaban J connectivity index is 1.78. The molecule has 3 N–H and O–H groups in total. The molecule has 0 saturated carbocycles. The zero-order valence-corrected chi connectivity index (χ0v) is 19.8. The van der Waals surface area contributed by atoms with Crippen molar-refractivity contribution in [3.05, 3.63) is 47.8 Å². The van der Waals surface area contributed by atoms with Crippen molar-refractivity contribution < 1.29 is 14.7 Å². The quantitative estimate of drug-likeness (QED) is 0.497. The van der Waals surface area contributed by atoms with Gasteiger partial charge in [-0.2, -0.15) is 0 Å². The highest BCUT2D eigenvalue weighted by Crippen LogP contribution is 2.31. The van der Waals surface area contributed by atoms with Crippen molar-refractivity contribution in [1.29, 1.82) is 0 Å². The van der Waals surface area contributed by atoms with Crippen LogP contribution in [0, 0.1) is 0 Å². The average molecular weight is 463 g/mol. The van der Waals surface area contributed by atoms with E-state index >= 15 is 0 Å². The van der Waals surface area contributed by atoms with Crippen molar-refractivity contribution in [3.63, 3.8) is 0 Å². The Bertz CT molecular complexity index is 1220. The molecule has 1 saturated heterocycles. The molecule has 9 nitrogen and oxygen atoms in total.